The Kier molecular flexibility index (Phi) is 4.66. The Hall–Kier alpha value is -3.34. The number of rotatable bonds is 4. The topological polar surface area (TPSA) is 43.4 Å². The van der Waals surface area contributed by atoms with Crippen molar-refractivity contribution in [3.05, 3.63) is 101 Å². The zero-order valence-corrected chi connectivity index (χ0v) is 12.9. The molecule has 3 nitrogen and oxygen atoms in total. The molecule has 0 unspecified atom stereocenters. The van der Waals surface area contributed by atoms with Crippen molar-refractivity contribution in [1.29, 1.82) is 0 Å². The van der Waals surface area contributed by atoms with E-state index in [4.69, 9.17) is 4.74 Å². The van der Waals surface area contributed by atoms with E-state index in [0.717, 1.165) is 12.1 Å². The van der Waals surface area contributed by atoms with Crippen LogP contribution < -0.4 is 4.74 Å². The Balaban J connectivity index is 1.74. The predicted molar refractivity (Wildman–Crippen MR) is 87.6 cm³/mol. The molecule has 0 saturated heterocycles. The van der Waals surface area contributed by atoms with Gasteiger partial charge in [0.2, 0.25) is 0 Å². The Morgan fingerprint density at radius 1 is 0.760 bits per heavy atom. The van der Waals surface area contributed by atoms with E-state index in [1.807, 2.05) is 6.07 Å². The third-order valence-electron chi connectivity index (χ3n) is 3.51. The number of hydrogen-bond acceptors (Lipinski definition) is 3. The van der Waals surface area contributed by atoms with E-state index in [9.17, 15) is 18.4 Å². The maximum absolute atomic E-state index is 13.6. The van der Waals surface area contributed by atoms with E-state index < -0.39 is 17.6 Å². The molecule has 0 aliphatic rings. The van der Waals surface area contributed by atoms with Gasteiger partial charge in [-0.25, -0.2) is 13.6 Å². The van der Waals surface area contributed by atoms with E-state index in [1.165, 1.54) is 24.3 Å². The van der Waals surface area contributed by atoms with E-state index in [2.05, 4.69) is 0 Å². The zero-order chi connectivity index (χ0) is 17.8. The number of hydrogen-bond donors (Lipinski definition) is 0. The highest BCUT2D eigenvalue weighted by Crippen LogP contribution is 2.18. The first-order valence-electron chi connectivity index (χ1n) is 7.41. The van der Waals surface area contributed by atoms with Crippen molar-refractivity contribution in [2.45, 2.75) is 0 Å². The summed E-state index contributed by atoms with van der Waals surface area (Å²) >= 11 is 0. The molecule has 0 aromatic heterocycles. The second-order valence-corrected chi connectivity index (χ2v) is 5.23. The van der Waals surface area contributed by atoms with Crippen LogP contribution in [0.1, 0.15) is 26.3 Å². The van der Waals surface area contributed by atoms with Crippen molar-refractivity contribution in [3.8, 4) is 5.75 Å². The quantitative estimate of drug-likeness (QED) is 0.402. The summed E-state index contributed by atoms with van der Waals surface area (Å²) in [6.07, 6.45) is 0. The number of ketones is 1. The summed E-state index contributed by atoms with van der Waals surface area (Å²) in [6, 6.07) is 17.2. The van der Waals surface area contributed by atoms with Crippen LogP contribution in [0.4, 0.5) is 8.78 Å². The third-order valence-corrected chi connectivity index (χ3v) is 3.51. The van der Waals surface area contributed by atoms with E-state index >= 15 is 0 Å². The Morgan fingerprint density at radius 2 is 1.40 bits per heavy atom. The fourth-order valence-electron chi connectivity index (χ4n) is 2.25. The first-order valence-corrected chi connectivity index (χ1v) is 7.41. The molecular weight excluding hydrogens is 326 g/mol. The molecule has 0 saturated carbocycles. The van der Waals surface area contributed by atoms with Crippen LogP contribution in [0.25, 0.3) is 0 Å². The van der Waals surface area contributed by atoms with Gasteiger partial charge in [0, 0.05) is 17.2 Å². The standard InChI is InChI=1S/C20H12F2O3/c21-15-8-11-17(18(22)12-15)20(24)25-16-9-6-14(7-10-16)19(23)13-4-2-1-3-5-13/h1-12H. The number of carbonyl (C=O) groups excluding carboxylic acids is 2. The lowest BCUT2D eigenvalue weighted by Crippen LogP contribution is -2.11. The lowest BCUT2D eigenvalue weighted by molar-refractivity contribution is 0.0729. The summed E-state index contributed by atoms with van der Waals surface area (Å²) in [5, 5.41) is 0. The van der Waals surface area contributed by atoms with Crippen LogP contribution in [0.5, 0.6) is 5.75 Å². The molecule has 0 bridgehead atoms. The first kappa shape index (κ1) is 16.5. The monoisotopic (exact) mass is 338 g/mol. The average molecular weight is 338 g/mol. The number of esters is 1. The number of ether oxygens (including phenoxy) is 1. The highest BCUT2D eigenvalue weighted by atomic mass is 19.1. The molecule has 0 aliphatic heterocycles. The maximum atomic E-state index is 13.6. The van der Waals surface area contributed by atoms with E-state index in [1.54, 1.807) is 24.3 Å². The predicted octanol–water partition coefficient (Wildman–Crippen LogP) is 4.42. The molecule has 0 atom stereocenters. The van der Waals surface area contributed by atoms with Crippen molar-refractivity contribution in [1.82, 2.24) is 0 Å². The van der Waals surface area contributed by atoms with E-state index in [0.29, 0.717) is 17.2 Å². The third kappa shape index (κ3) is 3.77. The lowest BCUT2D eigenvalue weighted by atomic mass is 10.0. The summed E-state index contributed by atoms with van der Waals surface area (Å²) in [5.41, 5.74) is 0.602. The van der Waals surface area contributed by atoms with Crippen LogP contribution >= 0.6 is 0 Å². The van der Waals surface area contributed by atoms with Crippen molar-refractivity contribution < 1.29 is 23.1 Å². The largest absolute Gasteiger partial charge is 0.423 e. The van der Waals surface area contributed by atoms with Gasteiger partial charge in [0.1, 0.15) is 17.4 Å². The van der Waals surface area contributed by atoms with Crippen LogP contribution in [0.15, 0.2) is 72.8 Å². The van der Waals surface area contributed by atoms with Gasteiger partial charge in [-0.3, -0.25) is 4.79 Å². The van der Waals surface area contributed by atoms with Gasteiger partial charge < -0.3 is 4.74 Å². The molecule has 3 rings (SSSR count). The molecule has 0 fully saturated rings. The highest BCUT2D eigenvalue weighted by molar-refractivity contribution is 6.09. The molecule has 25 heavy (non-hydrogen) atoms. The van der Waals surface area contributed by atoms with Gasteiger partial charge in [-0.2, -0.15) is 0 Å². The number of halogens is 2. The van der Waals surface area contributed by atoms with Gasteiger partial charge in [-0.05, 0) is 36.4 Å². The number of benzene rings is 3. The summed E-state index contributed by atoms with van der Waals surface area (Å²) in [6.45, 7) is 0. The smallest absolute Gasteiger partial charge is 0.346 e. The maximum Gasteiger partial charge on any atom is 0.346 e. The molecule has 0 amide bonds. The molecule has 0 N–H and O–H groups in total. The molecule has 0 spiro atoms. The summed E-state index contributed by atoms with van der Waals surface area (Å²) in [7, 11) is 0. The van der Waals surface area contributed by atoms with Gasteiger partial charge in [0.05, 0.1) is 5.56 Å². The first-order chi connectivity index (χ1) is 12.0. The minimum absolute atomic E-state index is 0.151. The van der Waals surface area contributed by atoms with Crippen molar-refractivity contribution in [3.63, 3.8) is 0 Å². The van der Waals surface area contributed by atoms with Crippen LogP contribution in [-0.4, -0.2) is 11.8 Å². The van der Waals surface area contributed by atoms with Gasteiger partial charge >= 0.3 is 5.97 Å². The van der Waals surface area contributed by atoms with Crippen LogP contribution in [-0.2, 0) is 0 Å². The molecular formula is C20H12F2O3. The minimum atomic E-state index is -0.999. The van der Waals surface area contributed by atoms with E-state index in [-0.39, 0.29) is 17.1 Å². The van der Waals surface area contributed by atoms with Crippen LogP contribution in [0.3, 0.4) is 0 Å². The van der Waals surface area contributed by atoms with Crippen LogP contribution in [0.2, 0.25) is 0 Å². The second-order valence-electron chi connectivity index (χ2n) is 5.23. The molecule has 0 aliphatic carbocycles. The van der Waals surface area contributed by atoms with Crippen molar-refractivity contribution in [2.75, 3.05) is 0 Å². The minimum Gasteiger partial charge on any atom is -0.423 e. The molecule has 0 heterocycles. The second kappa shape index (κ2) is 7.05. The van der Waals surface area contributed by atoms with Crippen LogP contribution in [0, 0.1) is 11.6 Å². The molecule has 5 heteroatoms. The molecule has 124 valence electrons. The van der Waals surface area contributed by atoms with Gasteiger partial charge in [-0.15, -0.1) is 0 Å². The summed E-state index contributed by atoms with van der Waals surface area (Å²) < 4.78 is 31.5. The van der Waals surface area contributed by atoms with Gasteiger partial charge in [-0.1, -0.05) is 30.3 Å². The average Bonchev–Trinajstić information content (AvgIpc) is 2.62. The summed E-state index contributed by atoms with van der Waals surface area (Å²) in [4.78, 5) is 24.2. The lowest BCUT2D eigenvalue weighted by Gasteiger charge is -2.06. The summed E-state index contributed by atoms with van der Waals surface area (Å²) in [5.74, 6) is -2.74. The Morgan fingerprint density at radius 3 is 2.04 bits per heavy atom. The fraction of sp³-hybridized carbons (Fsp3) is 0. The van der Waals surface area contributed by atoms with Gasteiger partial charge in [0.25, 0.3) is 0 Å². The Labute approximate surface area is 142 Å². The molecule has 0 radical (unpaired) electrons. The van der Waals surface area contributed by atoms with Gasteiger partial charge in [0.15, 0.2) is 5.78 Å². The van der Waals surface area contributed by atoms with Crippen molar-refractivity contribution >= 4 is 11.8 Å². The molecule has 3 aromatic rings. The zero-order valence-electron chi connectivity index (χ0n) is 12.9. The normalized spacial score (nSPS) is 10.3. The number of carbonyl (C=O) groups is 2. The SMILES string of the molecule is O=C(c1ccccc1)c1ccc(OC(=O)c2ccc(F)cc2F)cc1. The Bertz CT molecular complexity index is 919. The van der Waals surface area contributed by atoms with Crippen molar-refractivity contribution in [2.24, 2.45) is 0 Å². The fourth-order valence-corrected chi connectivity index (χ4v) is 2.25. The highest BCUT2D eigenvalue weighted by Gasteiger charge is 2.15. The molecule has 3 aromatic carbocycles.